The van der Waals surface area contributed by atoms with Gasteiger partial charge in [-0.2, -0.15) is 0 Å². The Labute approximate surface area is 378 Å². The van der Waals surface area contributed by atoms with Crippen LogP contribution in [0.15, 0.2) is 48.7 Å². The number of carbonyl (C=O) groups excluding carboxylic acids is 8. The topological polar surface area (TPSA) is 269 Å². The van der Waals surface area contributed by atoms with Crippen LogP contribution >= 0.6 is 0 Å². The van der Waals surface area contributed by atoms with Crippen LogP contribution in [-0.2, 0) is 105 Å². The molecule has 6 rings (SSSR count). The fourth-order valence-electron chi connectivity index (χ4n) is 8.57. The smallest absolute Gasteiger partial charge is 0.331 e. The summed E-state index contributed by atoms with van der Waals surface area (Å²) in [6.07, 6.45) is -12.3. The lowest BCUT2D eigenvalue weighted by atomic mass is 9.85. The molecule has 22 nitrogen and oxygen atoms in total. The van der Waals surface area contributed by atoms with Crippen molar-refractivity contribution in [3.8, 4) is 0 Å². The van der Waals surface area contributed by atoms with Gasteiger partial charge in [-0.25, -0.2) is 4.79 Å². The minimum Gasteiger partial charge on any atom is -0.472 e. The van der Waals surface area contributed by atoms with Gasteiger partial charge in [0, 0.05) is 60.5 Å². The molecule has 0 spiro atoms. The lowest BCUT2D eigenvalue weighted by molar-refractivity contribution is -0.349. The molecule has 360 valence electrons. The summed E-state index contributed by atoms with van der Waals surface area (Å²) in [5.74, 6) is -8.12. The van der Waals surface area contributed by atoms with Crippen LogP contribution in [0.5, 0.6) is 0 Å². The van der Waals surface area contributed by atoms with Gasteiger partial charge in [0.15, 0.2) is 42.9 Å². The van der Waals surface area contributed by atoms with E-state index in [9.17, 15) is 38.4 Å². The average Bonchev–Trinajstić information content (AvgIpc) is 3.90. The highest BCUT2D eigenvalue weighted by Crippen LogP contribution is 2.61. The minimum atomic E-state index is -1.69. The largest absolute Gasteiger partial charge is 0.472 e. The Bertz CT molecular complexity index is 2050. The van der Waals surface area contributed by atoms with Gasteiger partial charge >= 0.3 is 47.8 Å². The predicted octanol–water partition coefficient (Wildman–Crippen LogP) is 1.52. The maximum atomic E-state index is 13.4. The second kappa shape index (κ2) is 21.1. The van der Waals surface area contributed by atoms with Gasteiger partial charge in [0.1, 0.15) is 31.0 Å². The summed E-state index contributed by atoms with van der Waals surface area (Å²) in [6.45, 7) is 8.43. The number of hydrogen-bond donors (Lipinski definition) is 0. The molecule has 1 aromatic carbocycles. The van der Waals surface area contributed by atoms with Crippen molar-refractivity contribution in [2.45, 2.75) is 141 Å². The molecular formula is C44H52O22. The quantitative estimate of drug-likeness (QED) is 0.0984. The number of hydrogen-bond acceptors (Lipinski definition) is 22. The molecule has 4 fully saturated rings. The number of rotatable bonds is 16. The van der Waals surface area contributed by atoms with Crippen molar-refractivity contribution >= 4 is 53.8 Å². The first-order chi connectivity index (χ1) is 31.3. The molecule has 0 amide bonds. The number of ether oxygens (including phenoxy) is 14. The van der Waals surface area contributed by atoms with Crippen LogP contribution in [0.1, 0.15) is 61.0 Å². The molecule has 1 aliphatic carbocycles. The molecule has 0 unspecified atom stereocenters. The van der Waals surface area contributed by atoms with Crippen molar-refractivity contribution in [2.75, 3.05) is 13.2 Å². The third kappa shape index (κ3) is 11.7. The number of esters is 8. The molecule has 0 bridgehead atoms. The van der Waals surface area contributed by atoms with E-state index < -0.39 is 152 Å². The second-order valence-corrected chi connectivity index (χ2v) is 16.0. The van der Waals surface area contributed by atoms with E-state index in [4.69, 9.17) is 66.3 Å². The molecule has 16 atom stereocenters. The van der Waals surface area contributed by atoms with Gasteiger partial charge < -0.3 is 66.3 Å². The van der Waals surface area contributed by atoms with E-state index in [1.807, 2.05) is 0 Å². The first-order valence-electron chi connectivity index (χ1n) is 21.0. The third-order valence-electron chi connectivity index (χ3n) is 11.0. The zero-order valence-corrected chi connectivity index (χ0v) is 37.3. The Morgan fingerprint density at radius 3 is 1.73 bits per heavy atom. The zero-order chi connectivity index (χ0) is 48.0. The molecule has 0 N–H and O–H groups in total. The van der Waals surface area contributed by atoms with Crippen molar-refractivity contribution in [2.24, 2.45) is 11.8 Å². The first kappa shape index (κ1) is 49.5. The molecule has 5 aliphatic rings. The van der Waals surface area contributed by atoms with E-state index in [1.54, 1.807) is 36.4 Å². The van der Waals surface area contributed by atoms with Gasteiger partial charge in [-0.1, -0.05) is 30.3 Å². The van der Waals surface area contributed by atoms with Crippen LogP contribution in [0.3, 0.4) is 0 Å². The summed E-state index contributed by atoms with van der Waals surface area (Å²) in [5, 5.41) is 0. The molecule has 0 radical (unpaired) electrons. The molecule has 22 heteroatoms. The van der Waals surface area contributed by atoms with E-state index in [1.165, 1.54) is 26.2 Å². The number of benzene rings is 1. The first-order valence-corrected chi connectivity index (χ1v) is 21.0. The summed E-state index contributed by atoms with van der Waals surface area (Å²) < 4.78 is 82.2. The number of carbonyl (C=O) groups is 8. The van der Waals surface area contributed by atoms with Gasteiger partial charge in [0.25, 0.3) is 0 Å². The van der Waals surface area contributed by atoms with Gasteiger partial charge in [-0.15, -0.1) is 0 Å². The van der Waals surface area contributed by atoms with E-state index >= 15 is 0 Å². The summed E-state index contributed by atoms with van der Waals surface area (Å²) in [7, 11) is 0. The monoisotopic (exact) mass is 932 g/mol. The Kier molecular flexibility index (Phi) is 15.8. The fourth-order valence-corrected chi connectivity index (χ4v) is 8.57. The minimum absolute atomic E-state index is 0.360. The van der Waals surface area contributed by atoms with Crippen molar-refractivity contribution in [1.29, 1.82) is 0 Å². The maximum Gasteiger partial charge on any atom is 0.331 e. The fraction of sp³-hybridized carbons (Fsp3) is 0.591. The van der Waals surface area contributed by atoms with E-state index in [2.05, 4.69) is 0 Å². The van der Waals surface area contributed by atoms with Gasteiger partial charge in [-0.05, 0) is 24.6 Å². The van der Waals surface area contributed by atoms with Crippen molar-refractivity contribution in [3.05, 3.63) is 54.3 Å². The molecule has 4 heterocycles. The highest BCUT2D eigenvalue weighted by molar-refractivity contribution is 5.87. The predicted molar refractivity (Wildman–Crippen MR) is 214 cm³/mol. The highest BCUT2D eigenvalue weighted by atomic mass is 16.8. The normalized spacial score (nSPS) is 35.1. The van der Waals surface area contributed by atoms with Gasteiger partial charge in [0.2, 0.25) is 12.6 Å². The average molecular weight is 933 g/mol. The second-order valence-electron chi connectivity index (χ2n) is 16.0. The van der Waals surface area contributed by atoms with Crippen LogP contribution < -0.4 is 0 Å². The van der Waals surface area contributed by atoms with Crippen molar-refractivity contribution in [1.82, 2.24) is 0 Å². The summed E-state index contributed by atoms with van der Waals surface area (Å²) in [6, 6.07) is 8.87. The van der Waals surface area contributed by atoms with Crippen LogP contribution in [0.2, 0.25) is 0 Å². The SMILES string of the molecule is CC(=O)OC[C@H]1O[C@@H](O[C@@H]2OC=C[C@H]3[C@H](O[C@@H]4O[C@@H](C)[C@H](OC(C)=O)[C@@H](OC(=O)/C=C\c5ccccc5)[C@H]4OC(C)=O)[C@@H]4O[C@]4(COC(C)=O)[C@@H]23)[C@H](OC(C)=O)[C@@H](OC(C)=O)[C@@H]1OC(C)=O. The Morgan fingerprint density at radius 1 is 0.591 bits per heavy atom. The number of epoxide rings is 1. The molecule has 1 saturated carbocycles. The molecular weight excluding hydrogens is 880 g/mol. The van der Waals surface area contributed by atoms with Crippen molar-refractivity contribution in [3.63, 3.8) is 0 Å². The molecule has 1 aromatic rings. The zero-order valence-electron chi connectivity index (χ0n) is 37.3. The van der Waals surface area contributed by atoms with Gasteiger partial charge in [0.05, 0.1) is 24.4 Å². The Balaban J connectivity index is 1.33. The lowest BCUT2D eigenvalue weighted by Gasteiger charge is -2.46. The third-order valence-corrected chi connectivity index (χ3v) is 11.0. The standard InChI is InChI=1S/C44H52O22/c1-20-33(57-23(4)47)36(63-31(52)15-14-28-12-10-9-11-13-28)38(60-26(7)50)42(56-20)64-34-29-16-17-53-41(32(29)44(40(34)66-44)19-55-22(3)46)65-43-39(61-27(8)51)37(59-25(6)49)35(58-24(5)48)30(62-43)18-54-21(2)45/h9-17,20,29-30,32-43H,18-19H2,1-8H3/b15-14-/t20-,29+,30+,32+,33-,34-,35+,36+,37-,38+,39+,40-,41-,42-,43-,44+/m0/s1. The molecule has 66 heavy (non-hydrogen) atoms. The molecule has 3 saturated heterocycles. The summed E-state index contributed by atoms with van der Waals surface area (Å²) in [5.41, 5.74) is -0.720. The highest BCUT2D eigenvalue weighted by Gasteiger charge is 2.78. The van der Waals surface area contributed by atoms with Crippen LogP contribution in [0.4, 0.5) is 0 Å². The Morgan fingerprint density at radius 2 is 1.14 bits per heavy atom. The van der Waals surface area contributed by atoms with Crippen LogP contribution in [0, 0.1) is 11.8 Å². The summed E-state index contributed by atoms with van der Waals surface area (Å²) in [4.78, 5) is 99.9. The Hall–Kier alpha value is -5.94. The van der Waals surface area contributed by atoms with Crippen LogP contribution in [0.25, 0.3) is 6.08 Å². The van der Waals surface area contributed by atoms with Crippen molar-refractivity contribution < 1.29 is 105 Å². The van der Waals surface area contributed by atoms with Crippen LogP contribution in [-0.4, -0.2) is 146 Å². The maximum absolute atomic E-state index is 13.4. The molecule has 0 aromatic heterocycles. The van der Waals surface area contributed by atoms with E-state index in [0.29, 0.717) is 5.56 Å². The van der Waals surface area contributed by atoms with E-state index in [0.717, 1.165) is 47.6 Å². The lowest BCUT2D eigenvalue weighted by Crippen LogP contribution is -2.64. The summed E-state index contributed by atoms with van der Waals surface area (Å²) >= 11 is 0. The molecule has 4 aliphatic heterocycles. The number of fused-ring (bicyclic) bond motifs is 3. The van der Waals surface area contributed by atoms with E-state index in [-0.39, 0.29) is 6.61 Å². The van der Waals surface area contributed by atoms with Gasteiger partial charge in [-0.3, -0.25) is 33.6 Å².